The van der Waals surface area contributed by atoms with Crippen molar-refractivity contribution in [1.29, 1.82) is 0 Å². The second kappa shape index (κ2) is 6.63. The van der Waals surface area contributed by atoms with Gasteiger partial charge in [-0.15, -0.1) is 0 Å². The molecule has 2 rings (SSSR count). The molecule has 3 nitrogen and oxygen atoms in total. The molecule has 0 aliphatic carbocycles. The van der Waals surface area contributed by atoms with Crippen LogP contribution in [0.3, 0.4) is 0 Å². The molecule has 0 atom stereocenters. The van der Waals surface area contributed by atoms with Gasteiger partial charge in [-0.05, 0) is 24.8 Å². The summed E-state index contributed by atoms with van der Waals surface area (Å²) < 4.78 is 1.88. The topological polar surface area (TPSA) is 30.7 Å². The van der Waals surface area contributed by atoms with E-state index < -0.39 is 0 Å². The number of benzene rings is 1. The van der Waals surface area contributed by atoms with Crippen molar-refractivity contribution in [2.45, 2.75) is 25.8 Å². The van der Waals surface area contributed by atoms with E-state index in [4.69, 9.17) is 0 Å². The van der Waals surface area contributed by atoms with Crippen LogP contribution in [0.4, 0.5) is 0 Å². The van der Waals surface area contributed by atoms with Crippen LogP contribution in [0.1, 0.15) is 24.8 Å². The summed E-state index contributed by atoms with van der Waals surface area (Å²) in [6, 6.07) is 10.4. The fourth-order valence-corrected chi connectivity index (χ4v) is 1.67. The Hall–Kier alpha value is -1.90. The molecule has 0 aliphatic heterocycles. The monoisotopic (exact) mass is 227 g/mol. The largest absolute Gasteiger partial charge is 0.253 e. The minimum atomic E-state index is 0.958. The van der Waals surface area contributed by atoms with Crippen LogP contribution < -0.4 is 0 Å². The number of nitrogens with zero attached hydrogens (tertiary/aromatic N) is 3. The highest BCUT2D eigenvalue weighted by Gasteiger charge is 1.90. The summed E-state index contributed by atoms with van der Waals surface area (Å²) in [6.07, 6.45) is 11.2. The zero-order valence-electron chi connectivity index (χ0n) is 9.87. The lowest BCUT2D eigenvalue weighted by Gasteiger charge is -1.98. The van der Waals surface area contributed by atoms with Crippen molar-refractivity contribution in [2.24, 2.45) is 0 Å². The summed E-state index contributed by atoms with van der Waals surface area (Å²) in [6.45, 7) is 0.958. The van der Waals surface area contributed by atoms with E-state index >= 15 is 0 Å². The minimum Gasteiger partial charge on any atom is -0.253 e. The second-order valence-corrected chi connectivity index (χ2v) is 3.97. The SMILES string of the molecule is C(=C\c1ccccc1)/CCCCn1cncn1. The van der Waals surface area contributed by atoms with Gasteiger partial charge in [-0.2, -0.15) is 5.10 Å². The number of unbranched alkanes of at least 4 members (excludes halogenated alkanes) is 2. The van der Waals surface area contributed by atoms with Crippen molar-refractivity contribution >= 4 is 6.08 Å². The number of allylic oxidation sites excluding steroid dienone is 1. The smallest absolute Gasteiger partial charge is 0.137 e. The number of hydrogen-bond acceptors (Lipinski definition) is 2. The molecule has 0 amide bonds. The Morgan fingerprint density at radius 3 is 2.76 bits per heavy atom. The summed E-state index contributed by atoms with van der Waals surface area (Å²) in [4.78, 5) is 3.91. The predicted molar refractivity (Wildman–Crippen MR) is 69.3 cm³/mol. The van der Waals surface area contributed by atoms with Gasteiger partial charge >= 0.3 is 0 Å². The Kier molecular flexibility index (Phi) is 4.52. The molecule has 1 aromatic heterocycles. The number of hydrogen-bond donors (Lipinski definition) is 0. The fraction of sp³-hybridized carbons (Fsp3) is 0.286. The quantitative estimate of drug-likeness (QED) is 0.710. The van der Waals surface area contributed by atoms with Crippen LogP contribution >= 0.6 is 0 Å². The van der Waals surface area contributed by atoms with Gasteiger partial charge in [0.05, 0.1) is 0 Å². The van der Waals surface area contributed by atoms with E-state index in [1.165, 1.54) is 12.0 Å². The zero-order chi connectivity index (χ0) is 11.8. The highest BCUT2D eigenvalue weighted by Crippen LogP contribution is 2.04. The molecule has 2 aromatic rings. The van der Waals surface area contributed by atoms with E-state index in [0.29, 0.717) is 0 Å². The first-order chi connectivity index (χ1) is 8.45. The van der Waals surface area contributed by atoms with E-state index in [9.17, 15) is 0 Å². The first kappa shape index (κ1) is 11.6. The van der Waals surface area contributed by atoms with Gasteiger partial charge in [0, 0.05) is 6.54 Å². The van der Waals surface area contributed by atoms with Gasteiger partial charge in [-0.1, -0.05) is 42.5 Å². The molecule has 0 aliphatic rings. The average molecular weight is 227 g/mol. The minimum absolute atomic E-state index is 0.958. The van der Waals surface area contributed by atoms with E-state index in [-0.39, 0.29) is 0 Å². The second-order valence-electron chi connectivity index (χ2n) is 3.97. The molecule has 17 heavy (non-hydrogen) atoms. The lowest BCUT2D eigenvalue weighted by atomic mass is 10.1. The normalized spacial score (nSPS) is 11.1. The number of aromatic nitrogens is 3. The van der Waals surface area contributed by atoms with E-state index in [1.807, 2.05) is 10.7 Å². The maximum absolute atomic E-state index is 4.07. The Morgan fingerprint density at radius 2 is 2.00 bits per heavy atom. The lowest BCUT2D eigenvalue weighted by Crippen LogP contribution is -1.97. The maximum atomic E-state index is 4.07. The predicted octanol–water partition coefficient (Wildman–Crippen LogP) is 3.16. The van der Waals surface area contributed by atoms with Gasteiger partial charge in [0.2, 0.25) is 0 Å². The van der Waals surface area contributed by atoms with Gasteiger partial charge in [0.25, 0.3) is 0 Å². The molecule has 0 saturated heterocycles. The Morgan fingerprint density at radius 1 is 1.12 bits per heavy atom. The van der Waals surface area contributed by atoms with Crippen LogP contribution in [0.2, 0.25) is 0 Å². The molecule has 0 bridgehead atoms. The molecule has 0 N–H and O–H groups in total. The molecule has 0 spiro atoms. The molecule has 0 unspecified atom stereocenters. The molecule has 1 aromatic carbocycles. The van der Waals surface area contributed by atoms with E-state index in [2.05, 4.69) is 46.5 Å². The number of rotatable bonds is 6. The average Bonchev–Trinajstić information content (AvgIpc) is 2.88. The summed E-state index contributed by atoms with van der Waals surface area (Å²) in [5, 5.41) is 4.07. The Labute approximate surface area is 102 Å². The molecule has 0 saturated carbocycles. The summed E-state index contributed by atoms with van der Waals surface area (Å²) in [5.74, 6) is 0. The third kappa shape index (κ3) is 4.23. The summed E-state index contributed by atoms with van der Waals surface area (Å²) >= 11 is 0. The molecular weight excluding hydrogens is 210 g/mol. The molecule has 0 fully saturated rings. The number of aryl methyl sites for hydroxylation is 1. The van der Waals surface area contributed by atoms with Crippen molar-refractivity contribution in [3.05, 3.63) is 54.6 Å². The van der Waals surface area contributed by atoms with Gasteiger partial charge < -0.3 is 0 Å². The van der Waals surface area contributed by atoms with Crippen molar-refractivity contribution in [2.75, 3.05) is 0 Å². The summed E-state index contributed by atoms with van der Waals surface area (Å²) in [5.41, 5.74) is 1.27. The van der Waals surface area contributed by atoms with Crippen LogP contribution in [-0.4, -0.2) is 14.8 Å². The highest BCUT2D eigenvalue weighted by atomic mass is 15.3. The van der Waals surface area contributed by atoms with E-state index in [0.717, 1.165) is 19.4 Å². The van der Waals surface area contributed by atoms with Crippen LogP contribution in [0.25, 0.3) is 6.08 Å². The van der Waals surface area contributed by atoms with Crippen molar-refractivity contribution in [1.82, 2.24) is 14.8 Å². The van der Waals surface area contributed by atoms with Crippen molar-refractivity contribution in [3.63, 3.8) is 0 Å². The van der Waals surface area contributed by atoms with Crippen LogP contribution in [-0.2, 0) is 6.54 Å². The molecule has 0 radical (unpaired) electrons. The first-order valence-electron chi connectivity index (χ1n) is 5.99. The zero-order valence-corrected chi connectivity index (χ0v) is 9.87. The Balaban J connectivity index is 1.62. The van der Waals surface area contributed by atoms with Crippen molar-refractivity contribution < 1.29 is 0 Å². The van der Waals surface area contributed by atoms with Gasteiger partial charge in [-0.25, -0.2) is 4.98 Å². The first-order valence-corrected chi connectivity index (χ1v) is 5.99. The van der Waals surface area contributed by atoms with Gasteiger partial charge in [-0.3, -0.25) is 4.68 Å². The van der Waals surface area contributed by atoms with Crippen LogP contribution in [0.15, 0.2) is 49.1 Å². The molecule has 88 valence electrons. The van der Waals surface area contributed by atoms with Crippen molar-refractivity contribution in [3.8, 4) is 0 Å². The van der Waals surface area contributed by atoms with Crippen LogP contribution in [0, 0.1) is 0 Å². The van der Waals surface area contributed by atoms with Gasteiger partial charge in [0.15, 0.2) is 0 Å². The third-order valence-corrected chi connectivity index (χ3v) is 2.58. The summed E-state index contributed by atoms with van der Waals surface area (Å²) in [7, 11) is 0. The maximum Gasteiger partial charge on any atom is 0.137 e. The van der Waals surface area contributed by atoms with Crippen LogP contribution in [0.5, 0.6) is 0 Å². The third-order valence-electron chi connectivity index (χ3n) is 2.58. The lowest BCUT2D eigenvalue weighted by molar-refractivity contribution is 0.559. The molecule has 1 heterocycles. The van der Waals surface area contributed by atoms with E-state index in [1.54, 1.807) is 12.7 Å². The van der Waals surface area contributed by atoms with Gasteiger partial charge in [0.1, 0.15) is 12.7 Å². The molecule has 3 heteroatoms. The molecular formula is C14H17N3. The highest BCUT2D eigenvalue weighted by molar-refractivity contribution is 5.48. The Bertz CT molecular complexity index is 432. The fourth-order valence-electron chi connectivity index (χ4n) is 1.67. The standard InChI is InChI=1S/C14H17N3/c1(2-7-11-17-13-15-12-16-17)4-8-14-9-5-3-6-10-14/h3-6,8-10,12-13H,1-2,7,11H2/b8-4+.